The summed E-state index contributed by atoms with van der Waals surface area (Å²) in [6, 6.07) is 7.84. The first-order valence-electron chi connectivity index (χ1n) is 8.08. The van der Waals surface area contributed by atoms with E-state index in [0.29, 0.717) is 18.0 Å². The Hall–Kier alpha value is -2.89. The van der Waals surface area contributed by atoms with E-state index in [2.05, 4.69) is 9.97 Å². The standard InChI is InChI=1S/C18H18N4O2/c23-18(14-10-15-4-1-2-8-21(15)12-14)22-9-3-5-16(13-22)24-17-11-19-6-7-20-17/h1-2,4,6-8,10-12,16H,3,5,9,13H2/t16-/m0/s1. The highest BCUT2D eigenvalue weighted by molar-refractivity contribution is 5.95. The highest BCUT2D eigenvalue weighted by Gasteiger charge is 2.26. The number of hydrogen-bond acceptors (Lipinski definition) is 4. The van der Waals surface area contributed by atoms with Crippen LogP contribution in [-0.4, -0.2) is 44.4 Å². The van der Waals surface area contributed by atoms with Crippen molar-refractivity contribution in [3.63, 3.8) is 0 Å². The molecule has 1 aliphatic rings. The summed E-state index contributed by atoms with van der Waals surface area (Å²) in [5.41, 5.74) is 1.73. The van der Waals surface area contributed by atoms with Gasteiger partial charge in [-0.1, -0.05) is 6.07 Å². The predicted octanol–water partition coefficient (Wildman–Crippen LogP) is 2.41. The first-order chi connectivity index (χ1) is 11.8. The van der Waals surface area contributed by atoms with Gasteiger partial charge in [-0.15, -0.1) is 0 Å². The quantitative estimate of drug-likeness (QED) is 0.743. The average molecular weight is 322 g/mol. The number of hydrogen-bond donors (Lipinski definition) is 0. The maximum Gasteiger partial charge on any atom is 0.255 e. The second kappa shape index (κ2) is 6.31. The summed E-state index contributed by atoms with van der Waals surface area (Å²) in [7, 11) is 0. The molecule has 0 bridgehead atoms. The van der Waals surface area contributed by atoms with Crippen LogP contribution in [0.15, 0.2) is 55.2 Å². The van der Waals surface area contributed by atoms with Crippen LogP contribution in [-0.2, 0) is 0 Å². The molecule has 3 aromatic heterocycles. The fourth-order valence-electron chi connectivity index (χ4n) is 3.09. The van der Waals surface area contributed by atoms with Crippen molar-refractivity contribution >= 4 is 11.4 Å². The van der Waals surface area contributed by atoms with E-state index in [1.54, 1.807) is 18.6 Å². The van der Waals surface area contributed by atoms with E-state index >= 15 is 0 Å². The lowest BCUT2D eigenvalue weighted by Gasteiger charge is -2.32. The van der Waals surface area contributed by atoms with Crippen LogP contribution in [0.1, 0.15) is 23.2 Å². The molecule has 1 amide bonds. The summed E-state index contributed by atoms with van der Waals surface area (Å²) >= 11 is 0. The number of nitrogens with zero attached hydrogens (tertiary/aromatic N) is 4. The number of pyridine rings is 1. The van der Waals surface area contributed by atoms with Crippen molar-refractivity contribution in [1.29, 1.82) is 0 Å². The zero-order chi connectivity index (χ0) is 16.4. The highest BCUT2D eigenvalue weighted by Crippen LogP contribution is 2.19. The Labute approximate surface area is 139 Å². The summed E-state index contributed by atoms with van der Waals surface area (Å²) in [6.07, 6.45) is 10.4. The molecule has 0 aromatic carbocycles. The molecule has 6 nitrogen and oxygen atoms in total. The Bertz CT molecular complexity index is 813. The van der Waals surface area contributed by atoms with E-state index < -0.39 is 0 Å². The minimum Gasteiger partial charge on any atom is -0.471 e. The van der Waals surface area contributed by atoms with Crippen molar-refractivity contribution in [3.8, 4) is 5.88 Å². The van der Waals surface area contributed by atoms with Gasteiger partial charge in [-0.25, -0.2) is 4.98 Å². The molecule has 24 heavy (non-hydrogen) atoms. The Morgan fingerprint density at radius 3 is 3.08 bits per heavy atom. The Morgan fingerprint density at radius 2 is 2.25 bits per heavy atom. The number of ether oxygens (including phenoxy) is 1. The molecular weight excluding hydrogens is 304 g/mol. The number of aromatic nitrogens is 3. The molecule has 4 rings (SSSR count). The van der Waals surface area contributed by atoms with Crippen molar-refractivity contribution in [1.82, 2.24) is 19.3 Å². The second-order valence-corrected chi connectivity index (χ2v) is 5.94. The molecule has 0 aliphatic carbocycles. The third kappa shape index (κ3) is 2.95. The van der Waals surface area contributed by atoms with E-state index in [1.807, 2.05) is 46.0 Å². The molecule has 122 valence electrons. The molecule has 0 saturated carbocycles. The summed E-state index contributed by atoms with van der Waals surface area (Å²) in [5.74, 6) is 0.553. The van der Waals surface area contributed by atoms with Gasteiger partial charge in [-0.05, 0) is 31.0 Å². The molecule has 1 saturated heterocycles. The first kappa shape index (κ1) is 14.7. The van der Waals surface area contributed by atoms with Crippen molar-refractivity contribution in [2.45, 2.75) is 18.9 Å². The largest absolute Gasteiger partial charge is 0.471 e. The Kier molecular flexibility index (Phi) is 3.86. The summed E-state index contributed by atoms with van der Waals surface area (Å²) < 4.78 is 7.82. The molecule has 0 unspecified atom stereocenters. The van der Waals surface area contributed by atoms with E-state index in [1.165, 1.54) is 0 Å². The number of fused-ring (bicyclic) bond motifs is 1. The van der Waals surface area contributed by atoms with Gasteiger partial charge in [0.1, 0.15) is 6.10 Å². The van der Waals surface area contributed by atoms with Crippen LogP contribution in [0.25, 0.3) is 5.52 Å². The Morgan fingerprint density at radius 1 is 1.29 bits per heavy atom. The minimum absolute atomic E-state index is 0.0450. The fourth-order valence-corrected chi connectivity index (χ4v) is 3.09. The zero-order valence-corrected chi connectivity index (χ0v) is 13.2. The number of carbonyl (C=O) groups excluding carboxylic acids is 1. The van der Waals surface area contributed by atoms with Crippen LogP contribution < -0.4 is 4.74 Å². The van der Waals surface area contributed by atoms with Gasteiger partial charge in [0.15, 0.2) is 0 Å². The van der Waals surface area contributed by atoms with Crippen LogP contribution >= 0.6 is 0 Å². The summed E-state index contributed by atoms with van der Waals surface area (Å²) in [6.45, 7) is 1.33. The normalized spacial score (nSPS) is 17.8. The molecule has 3 aromatic rings. The number of piperidine rings is 1. The molecule has 0 radical (unpaired) electrons. The van der Waals surface area contributed by atoms with Gasteiger partial charge in [-0.3, -0.25) is 9.78 Å². The van der Waals surface area contributed by atoms with Crippen LogP contribution in [0, 0.1) is 0 Å². The average Bonchev–Trinajstić information content (AvgIpc) is 3.06. The monoisotopic (exact) mass is 322 g/mol. The number of rotatable bonds is 3. The van der Waals surface area contributed by atoms with Gasteiger partial charge in [0.05, 0.1) is 18.3 Å². The third-order valence-electron chi connectivity index (χ3n) is 4.24. The predicted molar refractivity (Wildman–Crippen MR) is 89.0 cm³/mol. The van der Waals surface area contributed by atoms with Crippen LogP contribution in [0.2, 0.25) is 0 Å². The van der Waals surface area contributed by atoms with E-state index in [0.717, 1.165) is 24.9 Å². The van der Waals surface area contributed by atoms with Crippen molar-refractivity contribution in [2.75, 3.05) is 13.1 Å². The molecule has 1 aliphatic heterocycles. The minimum atomic E-state index is -0.0450. The molecule has 4 heterocycles. The molecule has 1 fully saturated rings. The van der Waals surface area contributed by atoms with Gasteiger partial charge in [-0.2, -0.15) is 0 Å². The van der Waals surface area contributed by atoms with Crippen molar-refractivity contribution in [2.24, 2.45) is 0 Å². The molecule has 6 heteroatoms. The van der Waals surface area contributed by atoms with Crippen LogP contribution in [0.3, 0.4) is 0 Å². The zero-order valence-electron chi connectivity index (χ0n) is 13.2. The first-order valence-corrected chi connectivity index (χ1v) is 8.08. The van der Waals surface area contributed by atoms with Crippen molar-refractivity contribution in [3.05, 3.63) is 60.8 Å². The van der Waals surface area contributed by atoms with Gasteiger partial charge >= 0.3 is 0 Å². The van der Waals surface area contributed by atoms with Gasteiger partial charge in [0.25, 0.3) is 5.91 Å². The Balaban J connectivity index is 1.48. The van der Waals surface area contributed by atoms with Gasteiger partial charge in [0.2, 0.25) is 5.88 Å². The van der Waals surface area contributed by atoms with Crippen molar-refractivity contribution < 1.29 is 9.53 Å². The van der Waals surface area contributed by atoms with E-state index in [4.69, 9.17) is 4.74 Å². The van der Waals surface area contributed by atoms with E-state index in [9.17, 15) is 4.79 Å². The number of carbonyl (C=O) groups is 1. The molecule has 1 atom stereocenters. The van der Waals surface area contributed by atoms with E-state index in [-0.39, 0.29) is 12.0 Å². The SMILES string of the molecule is O=C(c1cc2ccccn2c1)N1CCC[C@H](Oc2cnccn2)C1. The van der Waals surface area contributed by atoms with Crippen LogP contribution in [0.5, 0.6) is 5.88 Å². The summed E-state index contributed by atoms with van der Waals surface area (Å²) in [4.78, 5) is 22.8. The number of amides is 1. The van der Waals surface area contributed by atoms with Gasteiger partial charge < -0.3 is 14.0 Å². The second-order valence-electron chi connectivity index (χ2n) is 5.94. The fraction of sp³-hybridized carbons (Fsp3) is 0.278. The maximum absolute atomic E-state index is 12.8. The number of likely N-dealkylation sites (tertiary alicyclic amines) is 1. The summed E-state index contributed by atoms with van der Waals surface area (Å²) in [5, 5.41) is 0. The molecule has 0 N–H and O–H groups in total. The molecular formula is C18H18N4O2. The third-order valence-corrected chi connectivity index (χ3v) is 4.24. The van der Waals surface area contributed by atoms with Gasteiger partial charge in [0, 0.05) is 36.8 Å². The van der Waals surface area contributed by atoms with Crippen LogP contribution in [0.4, 0.5) is 0 Å². The lowest BCUT2D eigenvalue weighted by atomic mass is 10.1. The topological polar surface area (TPSA) is 59.7 Å². The maximum atomic E-state index is 12.8. The molecule has 0 spiro atoms. The smallest absolute Gasteiger partial charge is 0.255 e. The highest BCUT2D eigenvalue weighted by atomic mass is 16.5. The lowest BCUT2D eigenvalue weighted by molar-refractivity contribution is 0.0527. The lowest BCUT2D eigenvalue weighted by Crippen LogP contribution is -2.44.